The fraction of sp³-hybridized carbons (Fsp3) is 0.333. The molecule has 1 aromatic carbocycles. The van der Waals surface area contributed by atoms with Gasteiger partial charge in [-0.2, -0.15) is 0 Å². The summed E-state index contributed by atoms with van der Waals surface area (Å²) in [6.45, 7) is 0. The third kappa shape index (κ3) is 1.98. The van der Waals surface area contributed by atoms with Crippen LogP contribution in [0.2, 0.25) is 0 Å². The van der Waals surface area contributed by atoms with Gasteiger partial charge in [0.25, 0.3) is 0 Å². The summed E-state index contributed by atoms with van der Waals surface area (Å²) in [5.41, 5.74) is 1.56. The molecule has 1 atom stereocenters. The molecule has 0 amide bonds. The summed E-state index contributed by atoms with van der Waals surface area (Å²) in [6, 6.07) is 7.06. The zero-order valence-corrected chi connectivity index (χ0v) is 7.14. The maximum Gasteiger partial charge on any atom is 0.524 e. The average Bonchev–Trinajstić information content (AvgIpc) is 2.42. The second kappa shape index (κ2) is 3.16. The molecule has 2 rings (SSSR count). The lowest BCUT2D eigenvalue weighted by Crippen LogP contribution is -2.28. The number of anilines is 1. The Morgan fingerprint density at radius 3 is 2.64 bits per heavy atom. The molecule has 0 bridgehead atoms. The fourth-order valence-corrected chi connectivity index (χ4v) is 1.50. The molecule has 0 spiro atoms. The summed E-state index contributed by atoms with van der Waals surface area (Å²) in [5.74, 6) is 0. The number of halogens is 3. The number of alkyl halides is 3. The average molecular weight is 203 g/mol. The van der Waals surface area contributed by atoms with Crippen LogP contribution in [0.1, 0.15) is 5.56 Å². The lowest BCUT2D eigenvalue weighted by atomic mass is 10.2. The molecule has 0 aliphatic carbocycles. The first kappa shape index (κ1) is 9.33. The Balaban J connectivity index is 2.05. The molecule has 1 N–H and O–H groups in total. The normalized spacial score (nSPS) is 20.4. The highest BCUT2D eigenvalue weighted by Gasteiger charge is 2.35. The summed E-state index contributed by atoms with van der Waals surface area (Å²) < 4.78 is 39.5. The molecule has 0 radical (unpaired) electrons. The van der Waals surface area contributed by atoms with Gasteiger partial charge in [-0.15, -0.1) is 13.2 Å². The Morgan fingerprint density at radius 2 is 2.00 bits per heavy atom. The van der Waals surface area contributed by atoms with Crippen molar-refractivity contribution in [2.45, 2.75) is 19.0 Å². The predicted octanol–water partition coefficient (Wildman–Crippen LogP) is 2.52. The number of benzene rings is 1. The quantitative estimate of drug-likeness (QED) is 0.757. The third-order valence-corrected chi connectivity index (χ3v) is 2.02. The Morgan fingerprint density at radius 1 is 1.29 bits per heavy atom. The smallest absolute Gasteiger partial charge is 0.359 e. The van der Waals surface area contributed by atoms with Gasteiger partial charge in [-0.1, -0.05) is 18.2 Å². The first-order valence-corrected chi connectivity index (χ1v) is 4.13. The van der Waals surface area contributed by atoms with Gasteiger partial charge < -0.3 is 5.32 Å². The first-order chi connectivity index (χ1) is 6.54. The Kier molecular flexibility index (Phi) is 2.11. The van der Waals surface area contributed by atoms with E-state index in [1.807, 2.05) is 0 Å². The van der Waals surface area contributed by atoms with Gasteiger partial charge >= 0.3 is 6.36 Å². The van der Waals surface area contributed by atoms with Crippen LogP contribution in [0.5, 0.6) is 0 Å². The molecular weight excluding hydrogens is 195 g/mol. The fourth-order valence-electron chi connectivity index (χ4n) is 1.50. The molecule has 76 valence electrons. The first-order valence-electron chi connectivity index (χ1n) is 4.13. The van der Waals surface area contributed by atoms with E-state index in [-0.39, 0.29) is 6.42 Å². The number of ether oxygens (including phenoxy) is 1. The van der Waals surface area contributed by atoms with Gasteiger partial charge in [0.1, 0.15) is 6.23 Å². The molecule has 1 heterocycles. The van der Waals surface area contributed by atoms with Crippen molar-refractivity contribution >= 4 is 5.69 Å². The van der Waals surface area contributed by atoms with Crippen molar-refractivity contribution in [3.8, 4) is 0 Å². The summed E-state index contributed by atoms with van der Waals surface area (Å²) in [4.78, 5) is 0. The van der Waals surface area contributed by atoms with Crippen LogP contribution in [0.15, 0.2) is 24.3 Å². The minimum atomic E-state index is -4.58. The Bertz CT molecular complexity index is 312. The molecule has 0 fully saturated rings. The van der Waals surface area contributed by atoms with E-state index in [1.165, 1.54) is 0 Å². The highest BCUT2D eigenvalue weighted by molar-refractivity contribution is 5.55. The Labute approximate surface area is 78.7 Å². The zero-order chi connectivity index (χ0) is 10.2. The number of nitrogens with one attached hydrogen (secondary N) is 1. The summed E-state index contributed by atoms with van der Waals surface area (Å²) in [6.07, 6.45) is -5.33. The van der Waals surface area contributed by atoms with Crippen LogP contribution in [-0.2, 0) is 11.2 Å². The van der Waals surface area contributed by atoms with Crippen LogP contribution in [0.4, 0.5) is 18.9 Å². The second-order valence-electron chi connectivity index (χ2n) is 3.06. The summed E-state index contributed by atoms with van der Waals surface area (Å²) >= 11 is 0. The predicted molar refractivity (Wildman–Crippen MR) is 44.7 cm³/mol. The van der Waals surface area contributed by atoms with Crippen molar-refractivity contribution in [2.75, 3.05) is 5.32 Å². The number of hydrogen-bond acceptors (Lipinski definition) is 2. The lowest BCUT2D eigenvalue weighted by molar-refractivity contribution is -0.338. The second-order valence-corrected chi connectivity index (χ2v) is 3.06. The van der Waals surface area contributed by atoms with Crippen LogP contribution >= 0.6 is 0 Å². The maximum atomic E-state index is 11.9. The van der Waals surface area contributed by atoms with Gasteiger partial charge in [0, 0.05) is 12.1 Å². The zero-order valence-electron chi connectivity index (χ0n) is 7.14. The van der Waals surface area contributed by atoms with Crippen LogP contribution in [-0.4, -0.2) is 12.6 Å². The van der Waals surface area contributed by atoms with Crippen LogP contribution < -0.4 is 5.32 Å². The van der Waals surface area contributed by atoms with E-state index >= 15 is 0 Å². The van der Waals surface area contributed by atoms with Gasteiger partial charge in [-0.25, -0.2) is 0 Å². The van der Waals surface area contributed by atoms with Gasteiger partial charge in [-0.3, -0.25) is 4.74 Å². The summed E-state index contributed by atoms with van der Waals surface area (Å²) in [5, 5.41) is 2.65. The number of rotatable bonds is 1. The molecule has 0 saturated carbocycles. The van der Waals surface area contributed by atoms with Crippen LogP contribution in [0, 0.1) is 0 Å². The van der Waals surface area contributed by atoms with E-state index in [0.29, 0.717) is 5.69 Å². The lowest BCUT2D eigenvalue weighted by Gasteiger charge is -2.14. The van der Waals surface area contributed by atoms with Gasteiger partial charge in [-0.05, 0) is 11.6 Å². The van der Waals surface area contributed by atoms with E-state index < -0.39 is 12.6 Å². The van der Waals surface area contributed by atoms with E-state index in [1.54, 1.807) is 24.3 Å². The Hall–Kier alpha value is -1.23. The van der Waals surface area contributed by atoms with Crippen molar-refractivity contribution in [1.82, 2.24) is 0 Å². The monoisotopic (exact) mass is 203 g/mol. The minimum Gasteiger partial charge on any atom is -0.359 e. The molecular formula is C9H8F3NO. The largest absolute Gasteiger partial charge is 0.524 e. The number of fused-ring (bicyclic) bond motifs is 1. The van der Waals surface area contributed by atoms with Crippen molar-refractivity contribution in [3.05, 3.63) is 29.8 Å². The highest BCUT2D eigenvalue weighted by Crippen LogP contribution is 2.29. The highest BCUT2D eigenvalue weighted by atomic mass is 19.4. The maximum absolute atomic E-state index is 11.9. The topological polar surface area (TPSA) is 21.3 Å². The third-order valence-electron chi connectivity index (χ3n) is 2.02. The molecule has 1 unspecified atom stereocenters. The molecule has 1 aliphatic rings. The van der Waals surface area contributed by atoms with E-state index in [0.717, 1.165) is 5.56 Å². The van der Waals surface area contributed by atoms with E-state index in [4.69, 9.17) is 0 Å². The number of para-hydroxylation sites is 1. The van der Waals surface area contributed by atoms with Crippen molar-refractivity contribution < 1.29 is 17.9 Å². The van der Waals surface area contributed by atoms with Gasteiger partial charge in [0.05, 0.1) is 0 Å². The van der Waals surface area contributed by atoms with Gasteiger partial charge in [0.15, 0.2) is 0 Å². The van der Waals surface area contributed by atoms with E-state index in [9.17, 15) is 13.2 Å². The standard InChI is InChI=1S/C9H8F3NO/c10-9(11,12)14-8-5-6-3-1-2-4-7(6)13-8/h1-4,8,13H,5H2. The van der Waals surface area contributed by atoms with Crippen LogP contribution in [0.25, 0.3) is 0 Å². The molecule has 5 heteroatoms. The van der Waals surface area contributed by atoms with Crippen molar-refractivity contribution in [1.29, 1.82) is 0 Å². The minimum absolute atomic E-state index is 0.246. The summed E-state index contributed by atoms with van der Waals surface area (Å²) in [7, 11) is 0. The SMILES string of the molecule is FC(F)(F)OC1Cc2ccccc2N1. The molecule has 0 saturated heterocycles. The van der Waals surface area contributed by atoms with Crippen molar-refractivity contribution in [3.63, 3.8) is 0 Å². The molecule has 0 aromatic heterocycles. The molecule has 1 aromatic rings. The molecule has 1 aliphatic heterocycles. The number of hydrogen-bond donors (Lipinski definition) is 1. The van der Waals surface area contributed by atoms with Crippen LogP contribution in [0.3, 0.4) is 0 Å². The molecule has 14 heavy (non-hydrogen) atoms. The van der Waals surface area contributed by atoms with Crippen molar-refractivity contribution in [2.24, 2.45) is 0 Å². The van der Waals surface area contributed by atoms with E-state index in [2.05, 4.69) is 10.1 Å². The molecule has 2 nitrogen and oxygen atoms in total. The van der Waals surface area contributed by atoms with Gasteiger partial charge in [0.2, 0.25) is 0 Å².